The maximum Gasteiger partial charge on any atom is 0.134 e. The van der Waals surface area contributed by atoms with Gasteiger partial charge in [0.25, 0.3) is 0 Å². The van der Waals surface area contributed by atoms with Crippen molar-refractivity contribution in [1.82, 2.24) is 0 Å². The highest BCUT2D eigenvalue weighted by molar-refractivity contribution is 5.81. The number of nitrogens with zero attached hydrogens (tertiary/aromatic N) is 2. The van der Waals surface area contributed by atoms with Gasteiger partial charge in [-0.2, -0.15) is 10.5 Å². The van der Waals surface area contributed by atoms with Crippen molar-refractivity contribution in [3.8, 4) is 12.1 Å². The molecule has 2 atom stereocenters. The summed E-state index contributed by atoms with van der Waals surface area (Å²) in [6.07, 6.45) is 13.5. The Kier molecular flexibility index (Phi) is 1.86. The summed E-state index contributed by atoms with van der Waals surface area (Å²) in [4.78, 5) is 0. The zero-order valence-electron chi connectivity index (χ0n) is 10.7. The molecule has 2 nitrogen and oxygen atoms in total. The third-order valence-corrected chi connectivity index (χ3v) is 4.51. The smallest absolute Gasteiger partial charge is 0.134 e. The molecule has 2 heteroatoms. The Morgan fingerprint density at radius 2 is 1.70 bits per heavy atom. The third-order valence-electron chi connectivity index (χ3n) is 4.51. The average molecular weight is 254 g/mol. The first kappa shape index (κ1) is 11.0. The van der Waals surface area contributed by atoms with Gasteiger partial charge in [0.1, 0.15) is 10.8 Å². The summed E-state index contributed by atoms with van der Waals surface area (Å²) in [5.74, 6) is 0. The van der Waals surface area contributed by atoms with Crippen molar-refractivity contribution in [3.63, 3.8) is 0 Å². The van der Waals surface area contributed by atoms with Gasteiger partial charge in [0.2, 0.25) is 0 Å². The number of nitriles is 2. The fraction of sp³-hybridized carbons (Fsp3) is 0.111. The van der Waals surface area contributed by atoms with Crippen LogP contribution in [0.15, 0.2) is 54.2 Å². The van der Waals surface area contributed by atoms with Crippen LogP contribution < -0.4 is 0 Å². The van der Waals surface area contributed by atoms with Crippen molar-refractivity contribution < 1.29 is 0 Å². The van der Waals surface area contributed by atoms with E-state index in [1.165, 1.54) is 0 Å². The predicted molar refractivity (Wildman–Crippen MR) is 77.1 cm³/mol. The highest BCUT2D eigenvalue weighted by Gasteiger charge is 2.57. The molecule has 0 saturated heterocycles. The lowest BCUT2D eigenvalue weighted by molar-refractivity contribution is 0.438. The van der Waals surface area contributed by atoms with E-state index < -0.39 is 10.8 Å². The molecule has 0 aromatic heterocycles. The molecule has 0 heterocycles. The Balaban J connectivity index is 2.24. The maximum absolute atomic E-state index is 10.0. The minimum atomic E-state index is -0.925. The van der Waals surface area contributed by atoms with Gasteiger partial charge in [0, 0.05) is 0 Å². The van der Waals surface area contributed by atoms with Crippen LogP contribution in [0.2, 0.25) is 0 Å². The Morgan fingerprint density at radius 3 is 2.45 bits per heavy atom. The highest BCUT2D eigenvalue weighted by atomic mass is 14.6. The molecule has 0 bridgehead atoms. The monoisotopic (exact) mass is 254 g/mol. The predicted octanol–water partition coefficient (Wildman–Crippen LogP) is 3.51. The van der Waals surface area contributed by atoms with Crippen LogP contribution in [0.4, 0.5) is 0 Å². The molecule has 0 amide bonds. The SMILES string of the molecule is N#C[C@]12C=CC=C3C=Cc4cccc(c4[C@@]31C#N)C=C2. The Bertz CT molecular complexity index is 839. The molecule has 0 saturated carbocycles. The average Bonchev–Trinajstić information content (AvgIpc) is 2.52. The molecule has 4 rings (SSSR count). The number of rotatable bonds is 0. The Hall–Kier alpha value is -2.84. The fourth-order valence-electron chi connectivity index (χ4n) is 3.58. The summed E-state index contributed by atoms with van der Waals surface area (Å²) in [6.45, 7) is 0. The van der Waals surface area contributed by atoms with E-state index in [0.717, 1.165) is 22.3 Å². The largest absolute Gasteiger partial charge is 0.197 e. The maximum atomic E-state index is 10.0. The van der Waals surface area contributed by atoms with Crippen LogP contribution in [0.3, 0.4) is 0 Å². The van der Waals surface area contributed by atoms with E-state index in [1.807, 2.05) is 60.7 Å². The molecule has 1 aromatic rings. The normalized spacial score (nSPS) is 31.0. The van der Waals surface area contributed by atoms with E-state index in [0.29, 0.717) is 0 Å². The Morgan fingerprint density at radius 1 is 0.900 bits per heavy atom. The molecule has 0 unspecified atom stereocenters. The molecule has 20 heavy (non-hydrogen) atoms. The van der Waals surface area contributed by atoms with Crippen molar-refractivity contribution in [1.29, 1.82) is 10.5 Å². The Labute approximate surface area is 117 Å². The summed E-state index contributed by atoms with van der Waals surface area (Å²) in [5, 5.41) is 19.8. The fourth-order valence-corrected chi connectivity index (χ4v) is 3.58. The standard InChI is InChI=1S/C18H10N2/c19-11-17-9-2-5-15-7-6-13-3-1-4-14(8-10-17)16(13)18(15,17)12-20/h1-10H/t17-,18-/m1/s1. The molecule has 92 valence electrons. The molecular formula is C18H10N2. The molecule has 0 radical (unpaired) electrons. The summed E-state index contributed by atoms with van der Waals surface area (Å²) >= 11 is 0. The van der Waals surface area contributed by atoms with Gasteiger partial charge < -0.3 is 0 Å². The lowest BCUT2D eigenvalue weighted by Crippen LogP contribution is -2.47. The van der Waals surface area contributed by atoms with Gasteiger partial charge in [0.15, 0.2) is 0 Å². The minimum Gasteiger partial charge on any atom is -0.197 e. The minimum absolute atomic E-state index is 0.897. The van der Waals surface area contributed by atoms with E-state index in [-0.39, 0.29) is 0 Å². The molecule has 0 spiro atoms. The molecule has 0 fully saturated rings. The second kappa shape index (κ2) is 3.38. The van der Waals surface area contributed by atoms with Crippen molar-refractivity contribution in [3.05, 3.63) is 70.8 Å². The van der Waals surface area contributed by atoms with E-state index in [2.05, 4.69) is 12.1 Å². The molecule has 3 aliphatic carbocycles. The van der Waals surface area contributed by atoms with Crippen LogP contribution in [-0.2, 0) is 5.41 Å². The quantitative estimate of drug-likeness (QED) is 0.711. The molecule has 3 aliphatic rings. The lowest BCUT2D eigenvalue weighted by atomic mass is 9.51. The van der Waals surface area contributed by atoms with Crippen molar-refractivity contribution in [2.75, 3.05) is 0 Å². The first-order valence-corrected chi connectivity index (χ1v) is 6.51. The van der Waals surface area contributed by atoms with Crippen LogP contribution in [0.25, 0.3) is 12.2 Å². The van der Waals surface area contributed by atoms with Crippen molar-refractivity contribution in [2.24, 2.45) is 5.41 Å². The van der Waals surface area contributed by atoms with Crippen LogP contribution in [-0.4, -0.2) is 0 Å². The third kappa shape index (κ3) is 0.964. The van der Waals surface area contributed by atoms with Gasteiger partial charge in [-0.1, -0.05) is 60.7 Å². The van der Waals surface area contributed by atoms with Crippen LogP contribution in [0, 0.1) is 28.1 Å². The van der Waals surface area contributed by atoms with Gasteiger partial charge in [-0.05, 0) is 22.3 Å². The van der Waals surface area contributed by atoms with Crippen molar-refractivity contribution in [2.45, 2.75) is 5.41 Å². The number of hydrogen-bond donors (Lipinski definition) is 0. The second-order valence-electron chi connectivity index (χ2n) is 5.30. The number of benzene rings is 1. The van der Waals surface area contributed by atoms with E-state index in [1.54, 1.807) is 0 Å². The van der Waals surface area contributed by atoms with E-state index in [9.17, 15) is 10.5 Å². The summed E-state index contributed by atoms with van der Waals surface area (Å²) in [7, 11) is 0. The van der Waals surface area contributed by atoms with Crippen LogP contribution >= 0.6 is 0 Å². The number of allylic oxidation sites excluding steroid dienone is 6. The van der Waals surface area contributed by atoms with Gasteiger partial charge in [-0.15, -0.1) is 0 Å². The van der Waals surface area contributed by atoms with Gasteiger partial charge >= 0.3 is 0 Å². The van der Waals surface area contributed by atoms with Crippen molar-refractivity contribution >= 4 is 12.2 Å². The lowest BCUT2D eigenvalue weighted by Gasteiger charge is -2.46. The van der Waals surface area contributed by atoms with Gasteiger partial charge in [-0.3, -0.25) is 0 Å². The van der Waals surface area contributed by atoms with Crippen LogP contribution in [0.5, 0.6) is 0 Å². The van der Waals surface area contributed by atoms with E-state index >= 15 is 0 Å². The first-order chi connectivity index (χ1) is 9.77. The summed E-state index contributed by atoms with van der Waals surface area (Å²) in [6, 6.07) is 10.8. The van der Waals surface area contributed by atoms with E-state index in [4.69, 9.17) is 0 Å². The second-order valence-corrected chi connectivity index (χ2v) is 5.30. The molecular weight excluding hydrogens is 244 g/mol. The zero-order chi connectivity index (χ0) is 13.8. The van der Waals surface area contributed by atoms with Gasteiger partial charge in [0.05, 0.1) is 12.1 Å². The number of hydrogen-bond acceptors (Lipinski definition) is 2. The molecule has 0 N–H and O–H groups in total. The summed E-state index contributed by atoms with van der Waals surface area (Å²) < 4.78 is 0. The molecule has 0 aliphatic heterocycles. The topological polar surface area (TPSA) is 47.6 Å². The first-order valence-electron chi connectivity index (χ1n) is 6.51. The summed E-state index contributed by atoms with van der Waals surface area (Å²) in [5.41, 5.74) is 2.07. The highest BCUT2D eigenvalue weighted by Crippen LogP contribution is 2.57. The molecule has 1 aromatic carbocycles. The van der Waals surface area contributed by atoms with Crippen LogP contribution in [0.1, 0.15) is 16.7 Å². The zero-order valence-corrected chi connectivity index (χ0v) is 10.7. The van der Waals surface area contributed by atoms with Gasteiger partial charge in [-0.25, -0.2) is 0 Å².